The van der Waals surface area contributed by atoms with Gasteiger partial charge in [-0.15, -0.1) is 0 Å². The molecule has 21 heavy (non-hydrogen) atoms. The molecule has 1 amide bonds. The van der Waals surface area contributed by atoms with Crippen LogP contribution in [0, 0.1) is 17.0 Å². The van der Waals surface area contributed by atoms with Gasteiger partial charge in [-0.1, -0.05) is 0 Å². The highest BCUT2D eigenvalue weighted by Crippen LogP contribution is 2.14. The van der Waals surface area contributed by atoms with Gasteiger partial charge in [-0.25, -0.2) is 9.55 Å². The highest BCUT2D eigenvalue weighted by atomic mass is 16.6. The van der Waals surface area contributed by atoms with Crippen molar-refractivity contribution >= 4 is 17.7 Å². The number of carboxylic acid groups (broad SMARTS) is 1. The fourth-order valence-corrected chi connectivity index (χ4v) is 2.28. The van der Waals surface area contributed by atoms with Crippen LogP contribution in [0.25, 0.3) is 0 Å². The van der Waals surface area contributed by atoms with Gasteiger partial charge in [0.05, 0.1) is 6.54 Å². The monoisotopic (exact) mass is 297 g/mol. The largest absolute Gasteiger partial charge is 0.480 e. The Kier molecular flexibility index (Phi) is 4.17. The molecule has 1 aromatic heterocycles. The number of piperazine rings is 1. The van der Waals surface area contributed by atoms with Gasteiger partial charge in [0.2, 0.25) is 5.91 Å². The fraction of sp³-hybridized carbons (Fsp3) is 0.545. The second kappa shape index (κ2) is 5.87. The minimum Gasteiger partial charge on any atom is -0.480 e. The van der Waals surface area contributed by atoms with Crippen LogP contribution in [0.2, 0.25) is 0 Å². The number of nitrogens with zero attached hydrogens (tertiary/aromatic N) is 4. The summed E-state index contributed by atoms with van der Waals surface area (Å²) in [6.07, 6.45) is 1.16. The number of imidazole rings is 1. The Labute approximate surface area is 119 Å². The van der Waals surface area contributed by atoms with Crippen LogP contribution in [0.15, 0.2) is 6.20 Å². The van der Waals surface area contributed by atoms with E-state index in [4.69, 9.17) is 5.11 Å². The Morgan fingerprint density at radius 3 is 2.95 bits per heavy atom. The number of amides is 1. The van der Waals surface area contributed by atoms with E-state index >= 15 is 0 Å². The molecule has 2 heterocycles. The smallest absolute Gasteiger partial charge is 0.342 e. The third kappa shape index (κ3) is 3.16. The zero-order valence-electron chi connectivity index (χ0n) is 11.4. The number of aromatic nitrogens is 2. The fourth-order valence-electron chi connectivity index (χ4n) is 2.28. The van der Waals surface area contributed by atoms with E-state index in [0.717, 1.165) is 6.20 Å². The number of carbonyl (C=O) groups excluding carboxylic acids is 1. The number of aliphatic carboxylic acids is 1. The first-order valence-corrected chi connectivity index (χ1v) is 6.30. The summed E-state index contributed by atoms with van der Waals surface area (Å²) in [6, 6.07) is -0.828. The summed E-state index contributed by atoms with van der Waals surface area (Å²) < 4.78 is 1.39. The minimum absolute atomic E-state index is 0.0270. The number of carbonyl (C=O) groups is 2. The van der Waals surface area contributed by atoms with Gasteiger partial charge in [-0.2, -0.15) is 0 Å². The molecule has 0 bridgehead atoms. The predicted octanol–water partition coefficient (Wildman–Crippen LogP) is -1.02. The van der Waals surface area contributed by atoms with Crippen molar-refractivity contribution < 1.29 is 19.6 Å². The van der Waals surface area contributed by atoms with Crippen LogP contribution in [0.1, 0.15) is 5.82 Å². The molecule has 114 valence electrons. The van der Waals surface area contributed by atoms with Crippen molar-refractivity contribution in [1.29, 1.82) is 0 Å². The molecule has 2 N–H and O–H groups in total. The second-order valence-corrected chi connectivity index (χ2v) is 4.70. The first-order valence-electron chi connectivity index (χ1n) is 6.30. The molecule has 1 saturated heterocycles. The Morgan fingerprint density at radius 1 is 1.62 bits per heavy atom. The molecule has 0 spiro atoms. The lowest BCUT2D eigenvalue weighted by atomic mass is 10.2. The van der Waals surface area contributed by atoms with Crippen LogP contribution in [-0.2, 0) is 16.1 Å². The van der Waals surface area contributed by atoms with Crippen molar-refractivity contribution in [3.8, 4) is 0 Å². The van der Waals surface area contributed by atoms with Crippen molar-refractivity contribution in [3.05, 3.63) is 22.1 Å². The molecule has 0 saturated carbocycles. The van der Waals surface area contributed by atoms with Crippen LogP contribution < -0.4 is 5.32 Å². The zero-order valence-corrected chi connectivity index (χ0v) is 11.4. The zero-order chi connectivity index (χ0) is 15.6. The summed E-state index contributed by atoms with van der Waals surface area (Å²) in [5.41, 5.74) is 0. The lowest BCUT2D eigenvalue weighted by molar-refractivity contribution is -0.392. The van der Waals surface area contributed by atoms with E-state index in [-0.39, 0.29) is 37.9 Å². The van der Waals surface area contributed by atoms with Crippen LogP contribution in [0.4, 0.5) is 5.82 Å². The molecular formula is C11H15N5O5. The average Bonchev–Trinajstić information content (AvgIpc) is 2.77. The van der Waals surface area contributed by atoms with Gasteiger partial charge in [-0.3, -0.25) is 14.5 Å². The first kappa shape index (κ1) is 14.9. The maximum atomic E-state index is 11.4. The van der Waals surface area contributed by atoms with Crippen molar-refractivity contribution in [2.24, 2.45) is 0 Å². The summed E-state index contributed by atoms with van der Waals surface area (Å²) in [7, 11) is 0. The van der Waals surface area contributed by atoms with Crippen molar-refractivity contribution in [2.75, 3.05) is 19.6 Å². The topological polar surface area (TPSA) is 131 Å². The van der Waals surface area contributed by atoms with E-state index in [2.05, 4.69) is 10.3 Å². The molecule has 0 radical (unpaired) electrons. The maximum absolute atomic E-state index is 11.4. The number of hydrogen-bond acceptors (Lipinski definition) is 6. The Hall–Kier alpha value is -2.49. The quantitative estimate of drug-likeness (QED) is 0.525. The Balaban J connectivity index is 2.10. The number of nitrogens with one attached hydrogen (secondary N) is 1. The standard InChI is InChI=1S/C11H15N5O5/c1-7-12-5-10(16(20)21)15(7)3-2-14-6-9(17)13-4-8(14)11(18)19/h5,8H,2-4,6H2,1H3,(H,13,17)(H,18,19). The van der Waals surface area contributed by atoms with Crippen molar-refractivity contribution in [3.63, 3.8) is 0 Å². The number of hydrogen-bond donors (Lipinski definition) is 2. The lowest BCUT2D eigenvalue weighted by Crippen LogP contribution is -2.58. The highest BCUT2D eigenvalue weighted by Gasteiger charge is 2.32. The Bertz CT molecular complexity index is 584. The summed E-state index contributed by atoms with van der Waals surface area (Å²) in [4.78, 5) is 38.2. The highest BCUT2D eigenvalue weighted by molar-refractivity contribution is 5.83. The molecule has 1 aliphatic heterocycles. The SMILES string of the molecule is Cc1ncc([N+](=O)[O-])n1CCN1CC(=O)NCC1C(=O)O. The molecule has 1 unspecified atom stereocenters. The Morgan fingerprint density at radius 2 is 2.33 bits per heavy atom. The van der Waals surface area contributed by atoms with Gasteiger partial charge in [0.1, 0.15) is 18.8 Å². The number of nitro groups is 1. The summed E-state index contributed by atoms with van der Waals surface area (Å²) in [5.74, 6) is -0.980. The molecule has 1 aliphatic rings. The molecule has 1 aromatic rings. The molecule has 0 aliphatic carbocycles. The lowest BCUT2D eigenvalue weighted by Gasteiger charge is -2.32. The van der Waals surface area contributed by atoms with Gasteiger partial charge in [0.25, 0.3) is 0 Å². The van der Waals surface area contributed by atoms with Crippen LogP contribution >= 0.6 is 0 Å². The van der Waals surface area contributed by atoms with Gasteiger partial charge in [0.15, 0.2) is 5.82 Å². The van der Waals surface area contributed by atoms with E-state index in [1.165, 1.54) is 9.47 Å². The molecule has 10 heteroatoms. The molecule has 0 aromatic carbocycles. The average molecular weight is 297 g/mol. The number of rotatable bonds is 5. The minimum atomic E-state index is -1.04. The normalized spacial score (nSPS) is 19.3. The first-order chi connectivity index (χ1) is 9.90. The van der Waals surface area contributed by atoms with Crippen LogP contribution in [0.3, 0.4) is 0 Å². The van der Waals surface area contributed by atoms with Gasteiger partial charge in [0, 0.05) is 20.0 Å². The number of carboxylic acids is 1. The predicted molar refractivity (Wildman–Crippen MR) is 69.6 cm³/mol. The number of aryl methyl sites for hydroxylation is 1. The summed E-state index contributed by atoms with van der Waals surface area (Å²) >= 11 is 0. The van der Waals surface area contributed by atoms with Gasteiger partial charge >= 0.3 is 11.8 Å². The molecule has 1 atom stereocenters. The second-order valence-electron chi connectivity index (χ2n) is 4.70. The molecule has 2 rings (SSSR count). The van der Waals surface area contributed by atoms with E-state index in [9.17, 15) is 19.7 Å². The van der Waals surface area contributed by atoms with Gasteiger partial charge < -0.3 is 20.5 Å². The van der Waals surface area contributed by atoms with E-state index in [0.29, 0.717) is 5.82 Å². The summed E-state index contributed by atoms with van der Waals surface area (Å²) in [6.45, 7) is 2.02. The molecule has 1 fully saturated rings. The summed E-state index contributed by atoms with van der Waals surface area (Å²) in [5, 5.41) is 22.5. The van der Waals surface area contributed by atoms with E-state index in [1.807, 2.05) is 0 Å². The van der Waals surface area contributed by atoms with Crippen LogP contribution in [0.5, 0.6) is 0 Å². The third-order valence-corrected chi connectivity index (χ3v) is 3.40. The van der Waals surface area contributed by atoms with Crippen molar-refractivity contribution in [1.82, 2.24) is 19.8 Å². The van der Waals surface area contributed by atoms with E-state index in [1.54, 1.807) is 6.92 Å². The van der Waals surface area contributed by atoms with Gasteiger partial charge in [-0.05, 0) is 4.92 Å². The van der Waals surface area contributed by atoms with E-state index < -0.39 is 16.9 Å². The third-order valence-electron chi connectivity index (χ3n) is 3.40. The van der Waals surface area contributed by atoms with Crippen LogP contribution in [-0.4, -0.2) is 62.0 Å². The van der Waals surface area contributed by atoms with Crippen molar-refractivity contribution in [2.45, 2.75) is 19.5 Å². The maximum Gasteiger partial charge on any atom is 0.342 e. The molecule has 10 nitrogen and oxygen atoms in total. The molecular weight excluding hydrogens is 282 g/mol.